The number of nitrogens with zero attached hydrogens (tertiary/aromatic N) is 1. The number of amides is 3. The third kappa shape index (κ3) is 6.07. The van der Waals surface area contributed by atoms with Crippen molar-refractivity contribution < 1.29 is 43.6 Å². The largest absolute Gasteiger partial charge is 0.491 e. The second kappa shape index (κ2) is 11.7. The average molecular weight is 563 g/mol. The molecule has 0 radical (unpaired) electrons. The van der Waals surface area contributed by atoms with Gasteiger partial charge < -0.3 is 40.0 Å². The van der Waals surface area contributed by atoms with E-state index in [-0.39, 0.29) is 43.9 Å². The fourth-order valence-electron chi connectivity index (χ4n) is 5.48. The number of hydrogen-bond donors (Lipinski definition) is 5. The molecule has 214 valence electrons. The van der Waals surface area contributed by atoms with Crippen LogP contribution in [-0.2, 0) is 32.1 Å². The Bertz CT molecular complexity index is 1390. The van der Waals surface area contributed by atoms with Crippen molar-refractivity contribution in [1.82, 2.24) is 15.5 Å². The van der Waals surface area contributed by atoms with Crippen LogP contribution in [-0.4, -0.2) is 88.6 Å². The highest BCUT2D eigenvalue weighted by atomic mass is 16.5. The molecule has 12 nitrogen and oxygen atoms in total. The van der Waals surface area contributed by atoms with Crippen molar-refractivity contribution in [2.24, 2.45) is 0 Å². The zero-order chi connectivity index (χ0) is 29.4. The smallest absolute Gasteiger partial charge is 0.423 e. The van der Waals surface area contributed by atoms with Crippen LogP contribution in [0.2, 0.25) is 0 Å². The summed E-state index contributed by atoms with van der Waals surface area (Å²) < 4.78 is 10.4. The number of hydrogen-bond acceptors (Lipinski definition) is 9. The highest BCUT2D eigenvalue weighted by Crippen LogP contribution is 2.23. The molecule has 0 spiro atoms. The number of ketones is 1. The van der Waals surface area contributed by atoms with Crippen LogP contribution in [0.1, 0.15) is 58.5 Å². The fourth-order valence-corrected chi connectivity index (χ4v) is 5.48. The zero-order valence-corrected chi connectivity index (χ0v) is 22.7. The quantitative estimate of drug-likeness (QED) is 0.227. The Morgan fingerprint density at radius 2 is 1.59 bits per heavy atom. The van der Waals surface area contributed by atoms with Crippen molar-refractivity contribution in [3.63, 3.8) is 0 Å². The minimum atomic E-state index is -1.16. The van der Waals surface area contributed by atoms with Crippen LogP contribution >= 0.6 is 0 Å². The maximum absolute atomic E-state index is 13.7. The normalized spacial score (nSPS) is 20.9. The van der Waals surface area contributed by atoms with Crippen LogP contribution in [0.4, 0.5) is 0 Å². The van der Waals surface area contributed by atoms with Crippen molar-refractivity contribution in [3.05, 3.63) is 58.7 Å². The van der Waals surface area contributed by atoms with Gasteiger partial charge in [-0.1, -0.05) is 12.1 Å². The van der Waals surface area contributed by atoms with Crippen molar-refractivity contribution in [2.45, 2.75) is 64.1 Å². The van der Waals surface area contributed by atoms with E-state index in [9.17, 15) is 34.3 Å². The molecule has 41 heavy (non-hydrogen) atoms. The highest BCUT2D eigenvalue weighted by Gasteiger charge is 2.42. The lowest BCUT2D eigenvalue weighted by Crippen LogP contribution is -2.51. The number of rotatable bonds is 8. The first-order chi connectivity index (χ1) is 19.5. The molecule has 0 saturated carbocycles. The number of benzene rings is 2. The molecule has 0 bridgehead atoms. The average Bonchev–Trinajstić information content (AvgIpc) is 3.64. The highest BCUT2D eigenvalue weighted by molar-refractivity contribution is 6.62. The maximum Gasteiger partial charge on any atom is 0.491 e. The Kier molecular flexibility index (Phi) is 8.30. The zero-order valence-electron chi connectivity index (χ0n) is 22.7. The van der Waals surface area contributed by atoms with Crippen LogP contribution in [0.25, 0.3) is 0 Å². The molecule has 1 unspecified atom stereocenters. The van der Waals surface area contributed by atoms with Gasteiger partial charge in [0, 0.05) is 30.1 Å². The number of aliphatic hydroxyl groups excluding tert-OH is 1. The molecule has 3 heterocycles. The minimum absolute atomic E-state index is 0.0154. The Morgan fingerprint density at radius 3 is 2.17 bits per heavy atom. The molecule has 0 aromatic heterocycles. The second-order valence-corrected chi connectivity index (χ2v) is 10.8. The molecule has 3 aliphatic heterocycles. The molecule has 4 atom stereocenters. The lowest BCUT2D eigenvalue weighted by Gasteiger charge is -2.27. The number of Topliss-reactive ketones (excluding diaryl/α,β-unsaturated/α-hetero) is 1. The number of likely N-dealkylation sites (tertiary alicyclic amines) is 1. The van der Waals surface area contributed by atoms with Gasteiger partial charge in [0.2, 0.25) is 5.91 Å². The van der Waals surface area contributed by atoms with Crippen LogP contribution in [0, 0.1) is 0 Å². The van der Waals surface area contributed by atoms with E-state index in [2.05, 4.69) is 10.6 Å². The van der Waals surface area contributed by atoms with Gasteiger partial charge in [-0.15, -0.1) is 0 Å². The van der Waals surface area contributed by atoms with Gasteiger partial charge >= 0.3 is 14.2 Å². The van der Waals surface area contributed by atoms with Gasteiger partial charge in [-0.25, -0.2) is 0 Å². The third-order valence-corrected chi connectivity index (χ3v) is 7.74. The molecule has 3 amide bonds. The number of aliphatic hydroxyl groups is 1. The van der Waals surface area contributed by atoms with Crippen molar-refractivity contribution >= 4 is 48.7 Å². The topological polar surface area (TPSA) is 175 Å². The van der Waals surface area contributed by atoms with Crippen LogP contribution in [0.5, 0.6) is 0 Å². The van der Waals surface area contributed by atoms with Gasteiger partial charge in [-0.05, 0) is 66.6 Å². The van der Waals surface area contributed by atoms with Crippen LogP contribution in [0.3, 0.4) is 0 Å². The Hall–Kier alpha value is -3.55. The SMILES string of the molecule is CC(=O)C[C@H](NC(=O)[C@@H]1C[C@@H](NC(=O)c2ccc3c(c2)B(O)OC3)CN1C(=O)c1ccc2c(c1)B(O)OC2)C(C)O. The summed E-state index contributed by atoms with van der Waals surface area (Å²) in [7, 11) is -2.27. The number of nitrogens with one attached hydrogen (secondary N) is 2. The molecule has 2 aromatic rings. The first-order valence-corrected chi connectivity index (χ1v) is 13.5. The maximum atomic E-state index is 13.7. The molecule has 1 saturated heterocycles. The summed E-state index contributed by atoms with van der Waals surface area (Å²) in [5.41, 5.74) is 3.05. The van der Waals surface area contributed by atoms with Crippen LogP contribution < -0.4 is 21.6 Å². The number of carbonyl (C=O) groups is 4. The first-order valence-electron chi connectivity index (χ1n) is 13.5. The second-order valence-electron chi connectivity index (χ2n) is 10.8. The predicted octanol–water partition coefficient (Wildman–Crippen LogP) is -2.02. The molecule has 3 aliphatic rings. The van der Waals surface area contributed by atoms with Gasteiger partial charge in [0.15, 0.2) is 0 Å². The lowest BCUT2D eigenvalue weighted by atomic mass is 9.78. The van der Waals surface area contributed by atoms with Crippen molar-refractivity contribution in [1.29, 1.82) is 0 Å². The van der Waals surface area contributed by atoms with E-state index in [0.717, 1.165) is 11.1 Å². The van der Waals surface area contributed by atoms with Gasteiger partial charge in [0.25, 0.3) is 11.8 Å². The van der Waals surface area contributed by atoms with Gasteiger partial charge in [-0.2, -0.15) is 0 Å². The molecule has 5 N–H and O–H groups in total. The summed E-state index contributed by atoms with van der Waals surface area (Å²) in [5.74, 6) is -1.71. The van der Waals surface area contributed by atoms with E-state index in [1.54, 1.807) is 30.3 Å². The number of fused-ring (bicyclic) bond motifs is 2. The van der Waals surface area contributed by atoms with E-state index in [1.165, 1.54) is 24.8 Å². The van der Waals surface area contributed by atoms with Gasteiger partial charge in [-0.3, -0.25) is 19.2 Å². The van der Waals surface area contributed by atoms with Crippen molar-refractivity contribution in [3.8, 4) is 0 Å². The number of carbonyl (C=O) groups excluding carboxylic acids is 4. The van der Waals surface area contributed by atoms with Crippen LogP contribution in [0.15, 0.2) is 36.4 Å². The Morgan fingerprint density at radius 1 is 1.00 bits per heavy atom. The Labute approximate surface area is 237 Å². The molecule has 2 aromatic carbocycles. The lowest BCUT2D eigenvalue weighted by molar-refractivity contribution is -0.127. The molecule has 0 aliphatic carbocycles. The summed E-state index contributed by atoms with van der Waals surface area (Å²) in [6.07, 6.45) is -1.01. The monoisotopic (exact) mass is 563 g/mol. The molecule has 14 heteroatoms. The van der Waals surface area contributed by atoms with E-state index in [4.69, 9.17) is 9.31 Å². The summed E-state index contributed by atoms with van der Waals surface area (Å²) >= 11 is 0. The van der Waals surface area contributed by atoms with E-state index >= 15 is 0 Å². The summed E-state index contributed by atoms with van der Waals surface area (Å²) in [6.45, 7) is 3.30. The summed E-state index contributed by atoms with van der Waals surface area (Å²) in [5, 5.41) is 35.8. The van der Waals surface area contributed by atoms with E-state index in [1.807, 2.05) is 0 Å². The third-order valence-electron chi connectivity index (χ3n) is 7.74. The van der Waals surface area contributed by atoms with Gasteiger partial charge in [0.05, 0.1) is 25.4 Å². The first kappa shape index (κ1) is 29.0. The molecular formula is C27H31B2N3O9. The summed E-state index contributed by atoms with van der Waals surface area (Å²) in [6, 6.07) is 7.23. The van der Waals surface area contributed by atoms with Crippen molar-refractivity contribution in [2.75, 3.05) is 6.54 Å². The fraction of sp³-hybridized carbons (Fsp3) is 0.407. The predicted molar refractivity (Wildman–Crippen MR) is 147 cm³/mol. The summed E-state index contributed by atoms with van der Waals surface area (Å²) in [4.78, 5) is 53.3. The van der Waals surface area contributed by atoms with Gasteiger partial charge in [0.1, 0.15) is 11.8 Å². The molecule has 1 fully saturated rings. The van der Waals surface area contributed by atoms with E-state index < -0.39 is 56.2 Å². The minimum Gasteiger partial charge on any atom is -0.423 e. The van der Waals surface area contributed by atoms with E-state index in [0.29, 0.717) is 16.5 Å². The molecular weight excluding hydrogens is 532 g/mol. The Balaban J connectivity index is 1.37. The standard InChI is InChI=1S/C27H31B2N3O9/c1-14(33)7-23(15(2)34)31-26(36)24-10-20(30-25(35)16-3-5-18-12-40-28(38)21(18)8-16)11-32(24)27(37)17-4-6-19-13-41-29(39)22(19)9-17/h3-6,8-9,15,20,23-24,34,38-39H,7,10-13H2,1-2H3,(H,30,35)(H,31,36)/t15?,20-,23+,24+/m1/s1. The molecule has 5 rings (SSSR count).